The van der Waals surface area contributed by atoms with Gasteiger partial charge in [-0.15, -0.1) is 0 Å². The lowest BCUT2D eigenvalue weighted by atomic mass is 10.0. The molecule has 4 aromatic heterocycles. The summed E-state index contributed by atoms with van der Waals surface area (Å²) >= 11 is 0. The zero-order valence-corrected chi connectivity index (χ0v) is 23.9. The summed E-state index contributed by atoms with van der Waals surface area (Å²) in [5.74, 6) is 0.606. The van der Waals surface area contributed by atoms with Gasteiger partial charge in [-0.3, -0.25) is 4.57 Å². The molecular weight excluding hydrogens is 554 g/mol. The third-order valence-corrected chi connectivity index (χ3v) is 8.84. The SMILES string of the molecule is c1ccc2c(c1)oc1cc(-c3cc(-c4ccc5c(c4)oc4ccccc45)nc(-n4c5ccccc5c5ccccc54)n3)ccc12. The molecule has 5 nitrogen and oxygen atoms in total. The molecule has 210 valence electrons. The molecule has 6 aromatic carbocycles. The monoisotopic (exact) mass is 577 g/mol. The third kappa shape index (κ3) is 3.61. The lowest BCUT2D eigenvalue weighted by molar-refractivity contribution is 0.668. The van der Waals surface area contributed by atoms with Gasteiger partial charge in [0, 0.05) is 43.4 Å². The number of rotatable bonds is 3. The molecule has 0 radical (unpaired) electrons. The van der Waals surface area contributed by atoms with Crippen molar-refractivity contribution >= 4 is 65.7 Å². The van der Waals surface area contributed by atoms with Crippen LogP contribution in [-0.4, -0.2) is 14.5 Å². The summed E-state index contributed by atoms with van der Waals surface area (Å²) in [6, 6.07) is 47.8. The van der Waals surface area contributed by atoms with Crippen LogP contribution in [0.4, 0.5) is 0 Å². The molecule has 45 heavy (non-hydrogen) atoms. The summed E-state index contributed by atoms with van der Waals surface area (Å²) in [7, 11) is 0. The van der Waals surface area contributed by atoms with Crippen molar-refractivity contribution in [2.75, 3.05) is 0 Å². The number of aromatic nitrogens is 3. The number of furan rings is 2. The van der Waals surface area contributed by atoms with Crippen molar-refractivity contribution in [1.82, 2.24) is 14.5 Å². The summed E-state index contributed by atoms with van der Waals surface area (Å²) in [6.45, 7) is 0. The Morgan fingerprint density at radius 3 is 1.31 bits per heavy atom. The van der Waals surface area contributed by atoms with Gasteiger partial charge in [-0.1, -0.05) is 84.9 Å². The van der Waals surface area contributed by atoms with E-state index in [-0.39, 0.29) is 0 Å². The molecular formula is C40H23N3O2. The first-order valence-corrected chi connectivity index (χ1v) is 15.0. The highest BCUT2D eigenvalue weighted by Gasteiger charge is 2.18. The topological polar surface area (TPSA) is 57.0 Å². The average Bonchev–Trinajstić information content (AvgIpc) is 3.77. The molecule has 0 bridgehead atoms. The van der Waals surface area contributed by atoms with Crippen LogP contribution in [0.2, 0.25) is 0 Å². The second kappa shape index (κ2) is 9.15. The van der Waals surface area contributed by atoms with Gasteiger partial charge in [-0.05, 0) is 54.6 Å². The van der Waals surface area contributed by atoms with Crippen LogP contribution in [0.3, 0.4) is 0 Å². The minimum Gasteiger partial charge on any atom is -0.456 e. The highest BCUT2D eigenvalue weighted by atomic mass is 16.3. The Kier molecular flexibility index (Phi) is 4.93. The van der Waals surface area contributed by atoms with Gasteiger partial charge in [0.15, 0.2) is 0 Å². The average molecular weight is 578 g/mol. The molecule has 0 fully saturated rings. The first-order chi connectivity index (χ1) is 22.3. The van der Waals surface area contributed by atoms with Crippen LogP contribution in [0.25, 0.3) is 94.1 Å². The fourth-order valence-electron chi connectivity index (χ4n) is 6.74. The molecule has 0 saturated carbocycles. The molecule has 0 aliphatic carbocycles. The second-order valence-corrected chi connectivity index (χ2v) is 11.4. The predicted molar refractivity (Wildman–Crippen MR) is 182 cm³/mol. The summed E-state index contributed by atoms with van der Waals surface area (Å²) in [5, 5.41) is 6.70. The van der Waals surface area contributed by atoms with Gasteiger partial charge < -0.3 is 8.83 Å². The fourth-order valence-corrected chi connectivity index (χ4v) is 6.74. The molecule has 0 unspecified atom stereocenters. The van der Waals surface area contributed by atoms with Crippen LogP contribution in [0.15, 0.2) is 148 Å². The maximum Gasteiger partial charge on any atom is 0.235 e. The predicted octanol–water partition coefficient (Wildman–Crippen LogP) is 10.7. The molecule has 4 heterocycles. The minimum absolute atomic E-state index is 0.606. The van der Waals surface area contributed by atoms with Gasteiger partial charge in [0.1, 0.15) is 22.3 Å². The Labute approximate surface area is 256 Å². The van der Waals surface area contributed by atoms with E-state index in [0.29, 0.717) is 5.95 Å². The summed E-state index contributed by atoms with van der Waals surface area (Å²) < 4.78 is 14.7. The van der Waals surface area contributed by atoms with Crippen LogP contribution in [0.5, 0.6) is 0 Å². The molecule has 0 aliphatic rings. The van der Waals surface area contributed by atoms with Crippen molar-refractivity contribution in [3.05, 3.63) is 140 Å². The Morgan fingerprint density at radius 2 is 0.800 bits per heavy atom. The molecule has 0 spiro atoms. The lowest BCUT2D eigenvalue weighted by Gasteiger charge is -2.12. The first-order valence-electron chi connectivity index (χ1n) is 15.0. The van der Waals surface area contributed by atoms with Crippen molar-refractivity contribution < 1.29 is 8.83 Å². The third-order valence-electron chi connectivity index (χ3n) is 8.84. The van der Waals surface area contributed by atoms with Crippen molar-refractivity contribution in [1.29, 1.82) is 0 Å². The maximum absolute atomic E-state index is 6.26. The largest absolute Gasteiger partial charge is 0.456 e. The van der Waals surface area contributed by atoms with Crippen LogP contribution in [-0.2, 0) is 0 Å². The van der Waals surface area contributed by atoms with E-state index in [4.69, 9.17) is 18.8 Å². The molecule has 0 saturated heterocycles. The summed E-state index contributed by atoms with van der Waals surface area (Å²) in [4.78, 5) is 10.4. The summed E-state index contributed by atoms with van der Waals surface area (Å²) in [5.41, 5.74) is 9.05. The van der Waals surface area contributed by atoms with Crippen molar-refractivity contribution in [2.24, 2.45) is 0 Å². The number of benzene rings is 6. The van der Waals surface area contributed by atoms with E-state index in [1.807, 2.05) is 36.4 Å². The second-order valence-electron chi connectivity index (χ2n) is 11.4. The zero-order valence-electron chi connectivity index (χ0n) is 23.9. The Balaban J connectivity index is 1.24. The number of hydrogen-bond donors (Lipinski definition) is 0. The molecule has 5 heteroatoms. The molecule has 10 rings (SSSR count). The van der Waals surface area contributed by atoms with Crippen molar-refractivity contribution in [3.8, 4) is 28.5 Å². The number of nitrogens with zero attached hydrogens (tertiary/aromatic N) is 3. The molecule has 0 aliphatic heterocycles. The van der Waals surface area contributed by atoms with Crippen LogP contribution >= 0.6 is 0 Å². The van der Waals surface area contributed by atoms with Gasteiger partial charge in [-0.25, -0.2) is 9.97 Å². The fraction of sp³-hybridized carbons (Fsp3) is 0. The van der Waals surface area contributed by atoms with E-state index >= 15 is 0 Å². The van der Waals surface area contributed by atoms with Gasteiger partial charge in [0.25, 0.3) is 0 Å². The Morgan fingerprint density at radius 1 is 0.378 bits per heavy atom. The maximum atomic E-state index is 6.26. The highest BCUT2D eigenvalue weighted by molar-refractivity contribution is 6.09. The van der Waals surface area contributed by atoms with Crippen LogP contribution < -0.4 is 0 Å². The van der Waals surface area contributed by atoms with Crippen molar-refractivity contribution in [3.63, 3.8) is 0 Å². The van der Waals surface area contributed by atoms with E-state index in [9.17, 15) is 0 Å². The highest BCUT2D eigenvalue weighted by Crippen LogP contribution is 2.37. The van der Waals surface area contributed by atoms with E-state index in [0.717, 1.165) is 88.2 Å². The van der Waals surface area contributed by atoms with E-state index in [1.165, 1.54) is 0 Å². The van der Waals surface area contributed by atoms with Gasteiger partial charge in [0.05, 0.1) is 22.4 Å². The van der Waals surface area contributed by atoms with E-state index < -0.39 is 0 Å². The van der Waals surface area contributed by atoms with Gasteiger partial charge in [0.2, 0.25) is 5.95 Å². The van der Waals surface area contributed by atoms with Crippen LogP contribution in [0, 0.1) is 0 Å². The zero-order chi connectivity index (χ0) is 29.5. The minimum atomic E-state index is 0.606. The Hall–Kier alpha value is -6.20. The smallest absolute Gasteiger partial charge is 0.235 e. The molecule has 0 amide bonds. The number of hydrogen-bond acceptors (Lipinski definition) is 4. The van der Waals surface area contributed by atoms with Crippen molar-refractivity contribution in [2.45, 2.75) is 0 Å². The molecule has 10 aromatic rings. The number of fused-ring (bicyclic) bond motifs is 9. The number of para-hydroxylation sites is 4. The standard InChI is InChI=1S/C40H23N3O2/c1-5-13-34-26(9-1)27-10-2-6-14-35(27)43(34)40-41-32(24-17-19-30-28-11-3-7-15-36(28)44-38(30)21-24)23-33(42-40)25-18-20-31-29-12-4-8-16-37(29)45-39(31)22-25/h1-23H. The Bertz CT molecular complexity index is 2600. The van der Waals surface area contributed by atoms with E-state index in [1.54, 1.807) is 0 Å². The summed E-state index contributed by atoms with van der Waals surface area (Å²) in [6.07, 6.45) is 0. The normalized spacial score (nSPS) is 12.0. The van der Waals surface area contributed by atoms with Crippen LogP contribution in [0.1, 0.15) is 0 Å². The quantitative estimate of drug-likeness (QED) is 0.210. The van der Waals surface area contributed by atoms with Gasteiger partial charge >= 0.3 is 0 Å². The van der Waals surface area contributed by atoms with E-state index in [2.05, 4.69) is 108 Å². The lowest BCUT2D eigenvalue weighted by Crippen LogP contribution is -2.03. The van der Waals surface area contributed by atoms with Gasteiger partial charge in [-0.2, -0.15) is 0 Å². The molecule has 0 atom stereocenters. The molecule has 0 N–H and O–H groups in total. The first kappa shape index (κ1) is 24.3.